The molecule has 0 radical (unpaired) electrons. The maximum atomic E-state index is 6.84. The Balaban J connectivity index is 1.35. The number of ether oxygens (including phenoxy) is 1. The van der Waals surface area contributed by atoms with Gasteiger partial charge in [0.1, 0.15) is 11.9 Å². The number of hydrogen-bond donors (Lipinski definition) is 2. The number of nitrogen functional groups attached to an aromatic ring is 2. The summed E-state index contributed by atoms with van der Waals surface area (Å²) >= 11 is 0. The average Bonchev–Trinajstić information content (AvgIpc) is 3.18. The Kier molecular flexibility index (Phi) is 7.33. The Morgan fingerprint density at radius 1 is 0.917 bits per heavy atom. The van der Waals surface area contributed by atoms with Gasteiger partial charge in [-0.1, -0.05) is 53.9 Å². The molecule has 202 valence electrons. The fourth-order valence-electron chi connectivity index (χ4n) is 10.3. The van der Waals surface area contributed by atoms with Crippen molar-refractivity contribution in [2.45, 2.75) is 118 Å². The van der Waals surface area contributed by atoms with Crippen LogP contribution >= 0.6 is 0 Å². The lowest BCUT2D eigenvalue weighted by atomic mass is 9.44. The lowest BCUT2D eigenvalue weighted by molar-refractivity contribution is -0.157. The molecule has 36 heavy (non-hydrogen) atoms. The van der Waals surface area contributed by atoms with E-state index in [0.29, 0.717) is 16.8 Å². The first-order valence-corrected chi connectivity index (χ1v) is 15.5. The number of nitrogens with two attached hydrogens (primary N) is 2. The topological polar surface area (TPSA) is 61.3 Å². The Hall–Kier alpha value is -1.38. The van der Waals surface area contributed by atoms with Crippen molar-refractivity contribution in [1.82, 2.24) is 0 Å². The molecule has 0 bridgehead atoms. The molecular weight excluding hydrogens is 440 g/mol. The molecule has 4 aliphatic carbocycles. The van der Waals surface area contributed by atoms with Crippen LogP contribution in [0.15, 0.2) is 18.2 Å². The van der Waals surface area contributed by atoms with Gasteiger partial charge in [-0.3, -0.25) is 0 Å². The summed E-state index contributed by atoms with van der Waals surface area (Å²) in [5.41, 5.74) is 14.6. The van der Waals surface area contributed by atoms with E-state index in [2.05, 4.69) is 34.6 Å². The minimum atomic E-state index is 0.261. The molecule has 0 aromatic heterocycles. The second-order valence-electron chi connectivity index (χ2n) is 14.4. The van der Waals surface area contributed by atoms with Crippen LogP contribution in [0.5, 0.6) is 5.75 Å². The first-order valence-electron chi connectivity index (χ1n) is 15.5. The highest BCUT2D eigenvalue weighted by molar-refractivity contribution is 5.60. The van der Waals surface area contributed by atoms with Gasteiger partial charge in [-0.25, -0.2) is 0 Å². The highest BCUT2D eigenvalue weighted by Crippen LogP contribution is 2.68. The quantitative estimate of drug-likeness (QED) is 0.372. The van der Waals surface area contributed by atoms with Crippen LogP contribution in [0.3, 0.4) is 0 Å². The van der Waals surface area contributed by atoms with E-state index >= 15 is 0 Å². The van der Waals surface area contributed by atoms with Crippen molar-refractivity contribution in [3.63, 3.8) is 0 Å². The largest absolute Gasteiger partial charge is 0.488 e. The van der Waals surface area contributed by atoms with Crippen LogP contribution < -0.4 is 16.2 Å². The summed E-state index contributed by atoms with van der Waals surface area (Å²) in [6, 6.07) is 5.79. The van der Waals surface area contributed by atoms with Crippen molar-refractivity contribution >= 4 is 11.4 Å². The molecule has 1 aromatic carbocycles. The summed E-state index contributed by atoms with van der Waals surface area (Å²) < 4.78 is 6.84. The first-order chi connectivity index (χ1) is 17.1. The Bertz CT molecular complexity index is 913. The van der Waals surface area contributed by atoms with Crippen molar-refractivity contribution in [3.05, 3.63) is 18.2 Å². The molecule has 2 unspecified atom stereocenters. The van der Waals surface area contributed by atoms with E-state index in [1.54, 1.807) is 0 Å². The highest BCUT2D eigenvalue weighted by atomic mass is 16.5. The molecule has 3 heteroatoms. The van der Waals surface area contributed by atoms with E-state index in [1.165, 1.54) is 70.6 Å². The molecule has 4 N–H and O–H groups in total. The van der Waals surface area contributed by atoms with Crippen molar-refractivity contribution in [2.24, 2.45) is 52.3 Å². The van der Waals surface area contributed by atoms with E-state index in [1.807, 2.05) is 18.2 Å². The van der Waals surface area contributed by atoms with Crippen molar-refractivity contribution in [3.8, 4) is 5.75 Å². The van der Waals surface area contributed by atoms with E-state index in [0.717, 1.165) is 53.6 Å². The number of benzene rings is 1. The highest BCUT2D eigenvalue weighted by Gasteiger charge is 2.62. The van der Waals surface area contributed by atoms with Crippen molar-refractivity contribution in [1.29, 1.82) is 0 Å². The van der Waals surface area contributed by atoms with Crippen LogP contribution in [0.25, 0.3) is 0 Å². The minimum absolute atomic E-state index is 0.261. The Morgan fingerprint density at radius 3 is 2.47 bits per heavy atom. The molecule has 4 aliphatic rings. The maximum Gasteiger partial charge on any atom is 0.142 e. The fourth-order valence-corrected chi connectivity index (χ4v) is 10.3. The monoisotopic (exact) mass is 494 g/mol. The molecule has 0 amide bonds. The molecule has 1 aromatic rings. The molecule has 0 saturated heterocycles. The summed E-state index contributed by atoms with van der Waals surface area (Å²) in [4.78, 5) is 0. The van der Waals surface area contributed by atoms with Crippen LogP contribution in [-0.2, 0) is 0 Å². The SMILES string of the molecule is CC(C)CCC[C@@H](C)[C@H]1CC[C@H]2[C@@H]3CCC4CCCC(Oc5ccc(N)cc5N)[C@]4(C)[C@H]3CC[C@]12C. The van der Waals surface area contributed by atoms with Crippen LogP contribution in [0, 0.1) is 52.3 Å². The molecular formula is C33H54N2O. The van der Waals surface area contributed by atoms with Gasteiger partial charge in [-0.2, -0.15) is 0 Å². The van der Waals surface area contributed by atoms with E-state index in [9.17, 15) is 0 Å². The van der Waals surface area contributed by atoms with Gasteiger partial charge in [0.2, 0.25) is 0 Å². The normalized spacial score (nSPS) is 40.8. The number of hydrogen-bond acceptors (Lipinski definition) is 3. The minimum Gasteiger partial charge on any atom is -0.488 e. The van der Waals surface area contributed by atoms with Crippen LogP contribution in [0.4, 0.5) is 11.4 Å². The van der Waals surface area contributed by atoms with Gasteiger partial charge in [0.05, 0.1) is 5.69 Å². The molecule has 0 spiro atoms. The van der Waals surface area contributed by atoms with Gasteiger partial charge >= 0.3 is 0 Å². The zero-order valence-corrected chi connectivity index (χ0v) is 23.9. The van der Waals surface area contributed by atoms with Crippen LogP contribution in [0.1, 0.15) is 112 Å². The second-order valence-corrected chi connectivity index (χ2v) is 14.4. The zero-order chi connectivity index (χ0) is 25.7. The smallest absolute Gasteiger partial charge is 0.142 e. The van der Waals surface area contributed by atoms with Crippen LogP contribution in [-0.4, -0.2) is 6.10 Å². The third-order valence-corrected chi connectivity index (χ3v) is 12.2. The van der Waals surface area contributed by atoms with Gasteiger partial charge in [0.15, 0.2) is 0 Å². The average molecular weight is 495 g/mol. The predicted octanol–water partition coefficient (Wildman–Crippen LogP) is 8.72. The number of rotatable bonds is 7. The molecule has 4 saturated carbocycles. The van der Waals surface area contributed by atoms with Crippen molar-refractivity contribution < 1.29 is 4.74 Å². The Morgan fingerprint density at radius 2 is 1.72 bits per heavy atom. The van der Waals surface area contributed by atoms with Gasteiger partial charge in [0.25, 0.3) is 0 Å². The van der Waals surface area contributed by atoms with Gasteiger partial charge in [-0.15, -0.1) is 0 Å². The third kappa shape index (κ3) is 4.45. The molecule has 5 rings (SSSR count). The molecule has 0 aliphatic heterocycles. The van der Waals surface area contributed by atoms with Crippen LogP contribution in [0.2, 0.25) is 0 Å². The Labute approximate surface area is 221 Å². The standard InChI is InChI=1S/C33H54N2O/c1-21(2)8-6-9-22(3)26-15-16-27-25-14-12-23-10-7-11-31(36-30-17-13-24(34)20-29(30)35)33(23,5)28(25)18-19-32(26,27)4/h13,17,20-23,25-28,31H,6-12,14-16,18-19,34-35H2,1-5H3/t22-,23?,25+,26-,27+,28+,31?,32-,33+/m1/s1. The number of fused-ring (bicyclic) bond motifs is 5. The molecule has 3 nitrogen and oxygen atoms in total. The lowest BCUT2D eigenvalue weighted by Crippen LogP contribution is -2.59. The van der Waals surface area contributed by atoms with E-state index in [4.69, 9.17) is 16.2 Å². The fraction of sp³-hybridized carbons (Fsp3) is 0.818. The van der Waals surface area contributed by atoms with Gasteiger partial charge in [-0.05, 0) is 123 Å². The second kappa shape index (κ2) is 10.1. The third-order valence-electron chi connectivity index (χ3n) is 12.2. The molecule has 4 fully saturated rings. The summed E-state index contributed by atoms with van der Waals surface area (Å²) in [6.45, 7) is 12.7. The molecule has 0 heterocycles. The first kappa shape index (κ1) is 26.2. The number of anilines is 2. The summed E-state index contributed by atoms with van der Waals surface area (Å²) in [5, 5.41) is 0. The lowest BCUT2D eigenvalue weighted by Gasteiger charge is -2.62. The van der Waals surface area contributed by atoms with Gasteiger partial charge < -0.3 is 16.2 Å². The van der Waals surface area contributed by atoms with Crippen molar-refractivity contribution in [2.75, 3.05) is 11.5 Å². The maximum absolute atomic E-state index is 6.84. The zero-order valence-electron chi connectivity index (χ0n) is 23.9. The predicted molar refractivity (Wildman–Crippen MR) is 153 cm³/mol. The summed E-state index contributed by atoms with van der Waals surface area (Å²) in [5.74, 6) is 6.87. The van der Waals surface area contributed by atoms with E-state index in [-0.39, 0.29) is 11.5 Å². The van der Waals surface area contributed by atoms with E-state index < -0.39 is 0 Å². The van der Waals surface area contributed by atoms with Gasteiger partial charge in [0, 0.05) is 11.1 Å². The summed E-state index contributed by atoms with van der Waals surface area (Å²) in [7, 11) is 0. The summed E-state index contributed by atoms with van der Waals surface area (Å²) in [6.07, 6.45) is 16.9. The molecule has 9 atom stereocenters.